The summed E-state index contributed by atoms with van der Waals surface area (Å²) in [4.78, 5) is 6.93. The summed E-state index contributed by atoms with van der Waals surface area (Å²) in [7, 11) is -3.56. The van der Waals surface area contributed by atoms with Crippen LogP contribution in [0.4, 0.5) is 0 Å². The second-order valence-corrected chi connectivity index (χ2v) is 11.0. The van der Waals surface area contributed by atoms with Gasteiger partial charge in [-0.15, -0.1) is 0 Å². The van der Waals surface area contributed by atoms with E-state index in [1.54, 1.807) is 24.4 Å². The summed E-state index contributed by atoms with van der Waals surface area (Å²) in [5.41, 5.74) is 2.94. The molecule has 186 valence electrons. The van der Waals surface area contributed by atoms with Crippen LogP contribution in [0.5, 0.6) is 5.75 Å². The minimum Gasteiger partial charge on any atom is -0.492 e. The fraction of sp³-hybridized carbons (Fsp3) is 0.276. The maximum atomic E-state index is 12.8. The summed E-state index contributed by atoms with van der Waals surface area (Å²) >= 11 is 0. The Hall–Kier alpha value is -3.26. The molecule has 0 amide bonds. The number of likely N-dealkylation sites (tertiary alicyclic amines) is 1. The molecule has 6 nitrogen and oxygen atoms in total. The van der Waals surface area contributed by atoms with Crippen LogP contribution in [0.3, 0.4) is 0 Å². The maximum Gasteiger partial charge on any atom is 0.240 e. The number of piperidine rings is 1. The van der Waals surface area contributed by atoms with E-state index < -0.39 is 10.0 Å². The number of hydrogen-bond donors (Lipinski definition) is 1. The lowest BCUT2D eigenvalue weighted by molar-refractivity contribution is 0.156. The molecule has 1 aliphatic rings. The molecule has 1 fully saturated rings. The standard InChI is InChI=1S/C29H31N3O3S/c33-36(34,26-13-12-25-9-6-16-30-28(25)21-26)31-22-23-14-17-32(18-15-23)19-20-35-29-11-5-4-10-27(29)24-7-2-1-3-8-24/h1-13,16,21,23,31H,14-15,17-20,22H2. The van der Waals surface area contributed by atoms with Crippen LogP contribution in [0.1, 0.15) is 12.8 Å². The second-order valence-electron chi connectivity index (χ2n) is 9.21. The van der Waals surface area contributed by atoms with E-state index in [4.69, 9.17) is 4.74 Å². The van der Waals surface area contributed by atoms with Crippen molar-refractivity contribution in [2.24, 2.45) is 5.92 Å². The van der Waals surface area contributed by atoms with Crippen molar-refractivity contribution in [3.8, 4) is 16.9 Å². The highest BCUT2D eigenvalue weighted by atomic mass is 32.2. The number of nitrogens with one attached hydrogen (secondary N) is 1. The van der Waals surface area contributed by atoms with E-state index in [0.717, 1.165) is 54.7 Å². The summed E-state index contributed by atoms with van der Waals surface area (Å²) < 4.78 is 34.6. The van der Waals surface area contributed by atoms with Gasteiger partial charge >= 0.3 is 0 Å². The lowest BCUT2D eigenvalue weighted by atomic mass is 9.97. The van der Waals surface area contributed by atoms with E-state index in [0.29, 0.717) is 24.6 Å². The van der Waals surface area contributed by atoms with Gasteiger partial charge < -0.3 is 4.74 Å². The van der Waals surface area contributed by atoms with Gasteiger partial charge in [0.15, 0.2) is 0 Å². The summed E-state index contributed by atoms with van der Waals surface area (Å²) in [6.07, 6.45) is 3.60. The first-order chi connectivity index (χ1) is 17.6. The van der Waals surface area contributed by atoms with Crippen LogP contribution in [0, 0.1) is 5.92 Å². The fourth-order valence-electron chi connectivity index (χ4n) is 4.67. The van der Waals surface area contributed by atoms with Crippen LogP contribution in [0.15, 0.2) is 96.0 Å². The Kier molecular flexibility index (Phi) is 7.60. The third kappa shape index (κ3) is 5.93. The van der Waals surface area contributed by atoms with Crippen LogP contribution in [-0.2, 0) is 10.0 Å². The Bertz CT molecular complexity index is 1400. The van der Waals surface area contributed by atoms with E-state index in [9.17, 15) is 8.42 Å². The molecule has 0 radical (unpaired) electrons. The number of para-hydroxylation sites is 1. The summed E-state index contributed by atoms with van der Waals surface area (Å²) in [6.45, 7) is 3.81. The number of fused-ring (bicyclic) bond motifs is 1. The molecular formula is C29H31N3O3S. The van der Waals surface area contributed by atoms with Crippen molar-refractivity contribution < 1.29 is 13.2 Å². The van der Waals surface area contributed by atoms with Crippen LogP contribution in [0.2, 0.25) is 0 Å². The Morgan fingerprint density at radius 2 is 1.69 bits per heavy atom. The zero-order chi connectivity index (χ0) is 24.8. The van der Waals surface area contributed by atoms with Gasteiger partial charge in [-0.05, 0) is 61.7 Å². The van der Waals surface area contributed by atoms with Gasteiger partial charge in [-0.2, -0.15) is 0 Å². The molecule has 3 aromatic carbocycles. The lowest BCUT2D eigenvalue weighted by Crippen LogP contribution is -2.40. The van der Waals surface area contributed by atoms with E-state index >= 15 is 0 Å². The normalized spacial score (nSPS) is 15.2. The highest BCUT2D eigenvalue weighted by molar-refractivity contribution is 7.89. The molecule has 1 saturated heterocycles. The molecule has 1 N–H and O–H groups in total. The SMILES string of the molecule is O=S(=O)(NCC1CCN(CCOc2ccccc2-c2ccccc2)CC1)c1ccc2cccnc2c1. The van der Waals surface area contributed by atoms with Crippen molar-refractivity contribution in [1.82, 2.24) is 14.6 Å². The summed E-state index contributed by atoms with van der Waals surface area (Å²) in [6, 6.07) is 27.3. The van der Waals surface area contributed by atoms with Crippen molar-refractivity contribution in [3.05, 3.63) is 91.1 Å². The Balaban J connectivity index is 1.08. The maximum absolute atomic E-state index is 12.8. The first-order valence-electron chi connectivity index (χ1n) is 12.4. The van der Waals surface area contributed by atoms with Gasteiger partial charge in [0.25, 0.3) is 0 Å². The first kappa shape index (κ1) is 24.4. The van der Waals surface area contributed by atoms with Gasteiger partial charge in [0.05, 0.1) is 10.4 Å². The number of aromatic nitrogens is 1. The number of pyridine rings is 1. The molecule has 0 bridgehead atoms. The van der Waals surface area contributed by atoms with Crippen molar-refractivity contribution in [2.75, 3.05) is 32.8 Å². The second kappa shape index (κ2) is 11.2. The van der Waals surface area contributed by atoms with Crippen LogP contribution in [0.25, 0.3) is 22.0 Å². The Morgan fingerprint density at radius 1 is 0.917 bits per heavy atom. The topological polar surface area (TPSA) is 71.5 Å². The van der Waals surface area contributed by atoms with E-state index in [1.165, 1.54) is 0 Å². The molecule has 1 aromatic heterocycles. The third-order valence-electron chi connectivity index (χ3n) is 6.79. The molecule has 7 heteroatoms. The highest BCUT2D eigenvalue weighted by Gasteiger charge is 2.22. The molecular weight excluding hydrogens is 470 g/mol. The minimum atomic E-state index is -3.56. The smallest absolute Gasteiger partial charge is 0.240 e. The zero-order valence-corrected chi connectivity index (χ0v) is 21.0. The quantitative estimate of drug-likeness (QED) is 0.351. The summed E-state index contributed by atoms with van der Waals surface area (Å²) in [5, 5.41) is 0.927. The molecule has 0 atom stereocenters. The molecule has 0 aliphatic carbocycles. The number of ether oxygens (including phenoxy) is 1. The van der Waals surface area contributed by atoms with Crippen LogP contribution >= 0.6 is 0 Å². The van der Waals surface area contributed by atoms with Crippen LogP contribution in [-0.4, -0.2) is 51.1 Å². The van der Waals surface area contributed by atoms with Crippen molar-refractivity contribution in [1.29, 1.82) is 0 Å². The molecule has 1 aliphatic heterocycles. The van der Waals surface area contributed by atoms with Crippen molar-refractivity contribution >= 4 is 20.9 Å². The zero-order valence-electron chi connectivity index (χ0n) is 20.2. The van der Waals surface area contributed by atoms with Gasteiger partial charge in [0.2, 0.25) is 10.0 Å². The van der Waals surface area contributed by atoms with E-state index in [-0.39, 0.29) is 4.90 Å². The molecule has 2 heterocycles. The molecule has 4 aromatic rings. The monoisotopic (exact) mass is 501 g/mol. The highest BCUT2D eigenvalue weighted by Crippen LogP contribution is 2.29. The van der Waals surface area contributed by atoms with Gasteiger partial charge in [0, 0.05) is 30.2 Å². The van der Waals surface area contributed by atoms with E-state index in [1.807, 2.05) is 48.5 Å². The summed E-state index contributed by atoms with van der Waals surface area (Å²) in [5.74, 6) is 1.23. The van der Waals surface area contributed by atoms with Crippen LogP contribution < -0.4 is 9.46 Å². The lowest BCUT2D eigenvalue weighted by Gasteiger charge is -2.31. The van der Waals surface area contributed by atoms with Gasteiger partial charge in [0.1, 0.15) is 12.4 Å². The molecule has 0 saturated carbocycles. The van der Waals surface area contributed by atoms with Gasteiger partial charge in [-0.1, -0.05) is 60.7 Å². The van der Waals surface area contributed by atoms with Crippen molar-refractivity contribution in [2.45, 2.75) is 17.7 Å². The van der Waals surface area contributed by atoms with Gasteiger partial charge in [-0.25, -0.2) is 13.1 Å². The van der Waals surface area contributed by atoms with Gasteiger partial charge in [-0.3, -0.25) is 9.88 Å². The Labute approximate surface area is 213 Å². The number of rotatable bonds is 9. The number of sulfonamides is 1. The fourth-order valence-corrected chi connectivity index (χ4v) is 5.81. The Morgan fingerprint density at radius 3 is 2.53 bits per heavy atom. The average Bonchev–Trinajstić information content (AvgIpc) is 2.93. The molecule has 0 unspecified atom stereocenters. The predicted molar refractivity (Wildman–Crippen MR) is 143 cm³/mol. The average molecular weight is 502 g/mol. The number of benzene rings is 3. The van der Waals surface area contributed by atoms with E-state index in [2.05, 4.69) is 32.8 Å². The van der Waals surface area contributed by atoms with Crippen molar-refractivity contribution in [3.63, 3.8) is 0 Å². The number of hydrogen-bond acceptors (Lipinski definition) is 5. The molecule has 0 spiro atoms. The molecule has 5 rings (SSSR count). The molecule has 36 heavy (non-hydrogen) atoms. The minimum absolute atomic E-state index is 0.263. The number of nitrogens with zero attached hydrogens (tertiary/aromatic N) is 2. The third-order valence-corrected chi connectivity index (χ3v) is 8.22. The predicted octanol–water partition coefficient (Wildman–Crippen LogP) is 4.97. The largest absolute Gasteiger partial charge is 0.492 e. The first-order valence-corrected chi connectivity index (χ1v) is 13.9.